The summed E-state index contributed by atoms with van der Waals surface area (Å²) in [5.74, 6) is -0.191. The molecule has 1 amide bonds. The summed E-state index contributed by atoms with van der Waals surface area (Å²) >= 11 is 0. The molecule has 0 aliphatic carbocycles. The number of carbonyl (C=O) groups excluding carboxylic acids is 1. The minimum Gasteiger partial charge on any atom is -0.490 e. The number of nitro groups is 1. The maximum atomic E-state index is 12.0. The summed E-state index contributed by atoms with van der Waals surface area (Å²) in [4.78, 5) is 22.3. The standard InChI is InChI=1S/C22H25N3O7/c1-3-29-20-12-17(14-23-24-21(26)13-22(2)31-10-11-32-22)6-9-19(20)30-15-16-4-7-18(8-5-16)25(27)28/h4-9,12,14H,3,10-11,13,15H2,1-2H3,(H,24,26). The zero-order valence-corrected chi connectivity index (χ0v) is 17.9. The molecule has 1 saturated heterocycles. The molecule has 1 N–H and O–H groups in total. The van der Waals surface area contributed by atoms with Gasteiger partial charge in [-0.05, 0) is 55.3 Å². The normalized spacial score (nSPS) is 14.9. The zero-order chi connectivity index (χ0) is 23.0. The van der Waals surface area contributed by atoms with Crippen LogP contribution < -0.4 is 14.9 Å². The first-order valence-corrected chi connectivity index (χ1v) is 10.1. The molecule has 32 heavy (non-hydrogen) atoms. The molecule has 0 bridgehead atoms. The largest absolute Gasteiger partial charge is 0.490 e. The molecule has 0 saturated carbocycles. The molecule has 0 radical (unpaired) electrons. The van der Waals surface area contributed by atoms with E-state index in [-0.39, 0.29) is 24.6 Å². The number of benzene rings is 2. The Morgan fingerprint density at radius 3 is 2.56 bits per heavy atom. The van der Waals surface area contributed by atoms with Crippen LogP contribution in [0.25, 0.3) is 0 Å². The molecular formula is C22H25N3O7. The maximum absolute atomic E-state index is 12.0. The third kappa shape index (κ3) is 6.50. The molecule has 1 aliphatic rings. The van der Waals surface area contributed by atoms with E-state index in [2.05, 4.69) is 10.5 Å². The van der Waals surface area contributed by atoms with E-state index >= 15 is 0 Å². The number of hydrazone groups is 1. The predicted octanol–water partition coefficient (Wildman–Crippen LogP) is 3.18. The van der Waals surface area contributed by atoms with E-state index in [1.54, 1.807) is 37.3 Å². The number of nitrogens with zero attached hydrogens (tertiary/aromatic N) is 2. The Morgan fingerprint density at radius 2 is 1.91 bits per heavy atom. The third-order valence-corrected chi connectivity index (χ3v) is 4.59. The molecule has 0 unspecified atom stereocenters. The van der Waals surface area contributed by atoms with Crippen molar-refractivity contribution < 1.29 is 28.7 Å². The van der Waals surface area contributed by atoms with E-state index in [4.69, 9.17) is 18.9 Å². The molecule has 0 atom stereocenters. The Morgan fingerprint density at radius 1 is 1.19 bits per heavy atom. The van der Waals surface area contributed by atoms with E-state index in [9.17, 15) is 14.9 Å². The average Bonchev–Trinajstić information content (AvgIpc) is 3.19. The van der Waals surface area contributed by atoms with Gasteiger partial charge >= 0.3 is 0 Å². The van der Waals surface area contributed by atoms with Crippen LogP contribution in [-0.2, 0) is 20.9 Å². The summed E-state index contributed by atoms with van der Waals surface area (Å²) in [6.45, 7) is 5.16. The highest BCUT2D eigenvalue weighted by Crippen LogP contribution is 2.29. The van der Waals surface area contributed by atoms with Gasteiger partial charge in [0.2, 0.25) is 5.91 Å². The first-order chi connectivity index (χ1) is 15.4. The number of carbonyl (C=O) groups is 1. The Kier molecular flexibility index (Phi) is 7.74. The lowest BCUT2D eigenvalue weighted by Crippen LogP contribution is -2.33. The lowest BCUT2D eigenvalue weighted by molar-refractivity contribution is -0.384. The summed E-state index contributed by atoms with van der Waals surface area (Å²) in [6.07, 6.45) is 1.54. The molecule has 1 fully saturated rings. The van der Waals surface area contributed by atoms with Crippen LogP contribution in [0, 0.1) is 10.1 Å². The molecular weight excluding hydrogens is 418 g/mol. The third-order valence-electron chi connectivity index (χ3n) is 4.59. The Labute approximate surface area is 185 Å². The van der Waals surface area contributed by atoms with E-state index in [0.29, 0.717) is 36.9 Å². The SMILES string of the molecule is CCOc1cc(C=NNC(=O)CC2(C)OCCO2)ccc1OCc1ccc([N+](=O)[O-])cc1. The van der Waals surface area contributed by atoms with Gasteiger partial charge in [-0.15, -0.1) is 0 Å². The fourth-order valence-electron chi connectivity index (χ4n) is 3.04. The maximum Gasteiger partial charge on any atom is 0.269 e. The number of amides is 1. The summed E-state index contributed by atoms with van der Waals surface area (Å²) < 4.78 is 22.3. The number of non-ortho nitro benzene ring substituents is 1. The van der Waals surface area contributed by atoms with Crippen molar-refractivity contribution in [2.24, 2.45) is 5.10 Å². The van der Waals surface area contributed by atoms with Crippen molar-refractivity contribution in [2.75, 3.05) is 19.8 Å². The van der Waals surface area contributed by atoms with E-state index in [1.165, 1.54) is 18.3 Å². The summed E-state index contributed by atoms with van der Waals surface area (Å²) in [5.41, 5.74) is 3.98. The van der Waals surface area contributed by atoms with Crippen LogP contribution in [0.5, 0.6) is 11.5 Å². The second-order valence-corrected chi connectivity index (χ2v) is 7.15. The van der Waals surface area contributed by atoms with E-state index in [0.717, 1.165) is 5.56 Å². The topological polar surface area (TPSA) is 122 Å². The molecule has 3 rings (SSSR count). The number of ether oxygens (including phenoxy) is 4. The quantitative estimate of drug-likeness (QED) is 0.340. The number of nitro benzene ring substituents is 1. The summed E-state index contributed by atoms with van der Waals surface area (Å²) in [7, 11) is 0. The van der Waals surface area contributed by atoms with Gasteiger partial charge in [-0.3, -0.25) is 14.9 Å². The molecule has 0 aromatic heterocycles. The van der Waals surface area contributed by atoms with Crippen LogP contribution in [0.4, 0.5) is 5.69 Å². The average molecular weight is 443 g/mol. The van der Waals surface area contributed by atoms with Gasteiger partial charge in [0.1, 0.15) is 6.61 Å². The Balaban J connectivity index is 1.58. The van der Waals surface area contributed by atoms with Crippen LogP contribution in [0.3, 0.4) is 0 Å². The van der Waals surface area contributed by atoms with Crippen molar-refractivity contribution in [2.45, 2.75) is 32.7 Å². The van der Waals surface area contributed by atoms with E-state index < -0.39 is 10.7 Å². The second kappa shape index (κ2) is 10.7. The van der Waals surface area contributed by atoms with Crippen molar-refractivity contribution in [3.8, 4) is 11.5 Å². The lowest BCUT2D eigenvalue weighted by Gasteiger charge is -2.20. The number of nitrogens with one attached hydrogen (secondary N) is 1. The first kappa shape index (κ1) is 23.2. The van der Waals surface area contributed by atoms with E-state index in [1.807, 2.05) is 6.92 Å². The number of hydrogen-bond donors (Lipinski definition) is 1. The Hall–Kier alpha value is -3.50. The van der Waals surface area contributed by atoms with Crippen LogP contribution in [0.2, 0.25) is 0 Å². The van der Waals surface area contributed by atoms with Gasteiger partial charge in [-0.1, -0.05) is 0 Å². The van der Waals surface area contributed by atoms with Gasteiger partial charge in [0.05, 0.1) is 37.4 Å². The highest BCUT2D eigenvalue weighted by molar-refractivity contribution is 5.83. The number of rotatable bonds is 10. The highest BCUT2D eigenvalue weighted by atomic mass is 16.7. The molecule has 10 heteroatoms. The van der Waals surface area contributed by atoms with Crippen molar-refractivity contribution in [3.05, 3.63) is 63.7 Å². The van der Waals surface area contributed by atoms with Gasteiger partial charge in [0.15, 0.2) is 17.3 Å². The van der Waals surface area contributed by atoms with Crippen LogP contribution >= 0.6 is 0 Å². The molecule has 2 aromatic carbocycles. The molecule has 2 aromatic rings. The smallest absolute Gasteiger partial charge is 0.269 e. The number of hydrogen-bond acceptors (Lipinski definition) is 8. The predicted molar refractivity (Wildman–Crippen MR) is 116 cm³/mol. The van der Waals surface area contributed by atoms with Crippen LogP contribution in [0.15, 0.2) is 47.6 Å². The molecule has 0 spiro atoms. The van der Waals surface area contributed by atoms with Crippen LogP contribution in [-0.4, -0.2) is 42.7 Å². The second-order valence-electron chi connectivity index (χ2n) is 7.15. The molecule has 1 aliphatic heterocycles. The monoisotopic (exact) mass is 443 g/mol. The fraction of sp³-hybridized carbons (Fsp3) is 0.364. The fourth-order valence-corrected chi connectivity index (χ4v) is 3.04. The van der Waals surface area contributed by atoms with Crippen molar-refractivity contribution in [1.29, 1.82) is 0 Å². The van der Waals surface area contributed by atoms with Gasteiger partial charge < -0.3 is 18.9 Å². The van der Waals surface area contributed by atoms with Gasteiger partial charge in [0.25, 0.3) is 5.69 Å². The molecule has 1 heterocycles. The van der Waals surface area contributed by atoms with Gasteiger partial charge in [0, 0.05) is 12.1 Å². The first-order valence-electron chi connectivity index (χ1n) is 10.1. The molecule has 10 nitrogen and oxygen atoms in total. The lowest BCUT2D eigenvalue weighted by atomic mass is 10.2. The molecule has 170 valence electrons. The van der Waals surface area contributed by atoms with Crippen LogP contribution in [0.1, 0.15) is 31.4 Å². The summed E-state index contributed by atoms with van der Waals surface area (Å²) in [5, 5.41) is 14.7. The minimum atomic E-state index is -0.912. The van der Waals surface area contributed by atoms with Crippen molar-refractivity contribution in [1.82, 2.24) is 5.43 Å². The minimum absolute atomic E-state index is 0.0249. The van der Waals surface area contributed by atoms with Crippen molar-refractivity contribution in [3.63, 3.8) is 0 Å². The highest BCUT2D eigenvalue weighted by Gasteiger charge is 2.33. The summed E-state index contributed by atoms with van der Waals surface area (Å²) in [6, 6.07) is 11.4. The van der Waals surface area contributed by atoms with Gasteiger partial charge in [-0.25, -0.2) is 5.43 Å². The van der Waals surface area contributed by atoms with Gasteiger partial charge in [-0.2, -0.15) is 5.10 Å². The zero-order valence-electron chi connectivity index (χ0n) is 17.9. The Bertz CT molecular complexity index is 970. The van der Waals surface area contributed by atoms with Crippen molar-refractivity contribution >= 4 is 17.8 Å².